The number of amides is 1. The summed E-state index contributed by atoms with van der Waals surface area (Å²) >= 11 is 0. The minimum atomic E-state index is -0.629. The second-order valence-corrected chi connectivity index (χ2v) is 13.6. The van der Waals surface area contributed by atoms with Crippen LogP contribution in [-0.2, 0) is 4.74 Å². The van der Waals surface area contributed by atoms with Crippen LogP contribution < -0.4 is 15.3 Å². The van der Waals surface area contributed by atoms with Crippen LogP contribution in [0, 0.1) is 25.2 Å². The molecule has 4 aromatic rings. The van der Waals surface area contributed by atoms with E-state index in [-0.39, 0.29) is 24.1 Å². The fraction of sp³-hybridized carbons (Fsp3) is 0.444. The summed E-state index contributed by atoms with van der Waals surface area (Å²) in [5.74, 6) is 1.01. The SMILES string of the molecule is COc1c(C)cccc1-c1nc2c(cc1C#N)c(N1C[C@@H](C)N(C(=O)OC(C)(C)C)C[C@@H]1C)nc(=O)n2-c1c(C)ccnc1C(C)C. The number of nitriles is 1. The second-order valence-electron chi connectivity index (χ2n) is 13.6. The van der Waals surface area contributed by atoms with Gasteiger partial charge >= 0.3 is 11.8 Å². The molecule has 0 bridgehead atoms. The van der Waals surface area contributed by atoms with Gasteiger partial charge in [-0.3, -0.25) is 4.98 Å². The predicted octanol–water partition coefficient (Wildman–Crippen LogP) is 6.30. The molecule has 4 heterocycles. The van der Waals surface area contributed by atoms with Crippen LogP contribution in [0.25, 0.3) is 28.0 Å². The van der Waals surface area contributed by atoms with Crippen molar-refractivity contribution in [1.82, 2.24) is 24.4 Å². The van der Waals surface area contributed by atoms with Crippen molar-refractivity contribution in [2.75, 3.05) is 25.1 Å². The number of pyridine rings is 2. The molecule has 0 spiro atoms. The number of rotatable bonds is 5. The molecule has 11 heteroatoms. The van der Waals surface area contributed by atoms with Gasteiger partial charge in [0.2, 0.25) is 0 Å². The average Bonchev–Trinajstić information content (AvgIpc) is 3.00. The molecular weight excluding hydrogens is 594 g/mol. The van der Waals surface area contributed by atoms with Crippen molar-refractivity contribution in [3.8, 4) is 28.8 Å². The number of hydrogen-bond donors (Lipinski definition) is 0. The van der Waals surface area contributed by atoms with Crippen LogP contribution in [0.3, 0.4) is 0 Å². The number of aryl methyl sites for hydroxylation is 2. The lowest BCUT2D eigenvalue weighted by molar-refractivity contribution is 0.0130. The van der Waals surface area contributed by atoms with E-state index in [0.29, 0.717) is 58.2 Å². The average molecular weight is 638 g/mol. The molecule has 0 saturated carbocycles. The summed E-state index contributed by atoms with van der Waals surface area (Å²) in [7, 11) is 1.59. The van der Waals surface area contributed by atoms with Gasteiger partial charge < -0.3 is 19.3 Å². The third-order valence-electron chi connectivity index (χ3n) is 8.45. The first-order valence-corrected chi connectivity index (χ1v) is 15.9. The number of piperazine rings is 1. The van der Waals surface area contributed by atoms with Gasteiger partial charge in [0.05, 0.1) is 35.1 Å². The first-order chi connectivity index (χ1) is 22.2. The summed E-state index contributed by atoms with van der Waals surface area (Å²) in [6.45, 7) is 18.1. The zero-order chi connectivity index (χ0) is 34.4. The summed E-state index contributed by atoms with van der Waals surface area (Å²) in [6.07, 6.45) is 1.35. The lowest BCUT2D eigenvalue weighted by Gasteiger charge is -2.44. The van der Waals surface area contributed by atoms with Gasteiger partial charge in [-0.1, -0.05) is 26.0 Å². The van der Waals surface area contributed by atoms with E-state index in [1.54, 1.807) is 24.3 Å². The van der Waals surface area contributed by atoms with Crippen LogP contribution in [0.2, 0.25) is 0 Å². The molecular formula is C36H43N7O4. The van der Waals surface area contributed by atoms with E-state index in [0.717, 1.165) is 16.8 Å². The van der Waals surface area contributed by atoms with Crippen LogP contribution in [0.1, 0.15) is 76.8 Å². The quantitative estimate of drug-likeness (QED) is 0.248. The number of anilines is 1. The summed E-state index contributed by atoms with van der Waals surface area (Å²) < 4.78 is 13.0. The number of nitrogens with zero attached hydrogens (tertiary/aromatic N) is 7. The molecule has 11 nitrogen and oxygen atoms in total. The fourth-order valence-electron chi connectivity index (χ4n) is 6.23. The van der Waals surface area contributed by atoms with Crippen molar-refractivity contribution < 1.29 is 14.3 Å². The Labute approximate surface area is 275 Å². The lowest BCUT2D eigenvalue weighted by atomic mass is 10.0. The zero-order valence-corrected chi connectivity index (χ0v) is 28.9. The highest BCUT2D eigenvalue weighted by Gasteiger charge is 2.36. The minimum Gasteiger partial charge on any atom is -0.496 e. The van der Waals surface area contributed by atoms with Crippen LogP contribution in [0.4, 0.5) is 10.6 Å². The minimum absolute atomic E-state index is 0.00282. The predicted molar refractivity (Wildman–Crippen MR) is 182 cm³/mol. The van der Waals surface area contributed by atoms with Gasteiger partial charge in [0, 0.05) is 36.9 Å². The van der Waals surface area contributed by atoms with Gasteiger partial charge in [-0.25, -0.2) is 19.1 Å². The molecule has 0 aliphatic carbocycles. The molecule has 1 aliphatic rings. The Morgan fingerprint density at radius 1 is 1.06 bits per heavy atom. The molecule has 3 aromatic heterocycles. The Balaban J connectivity index is 1.80. The molecule has 0 N–H and O–H groups in total. The number of ether oxygens (including phenoxy) is 2. The van der Waals surface area contributed by atoms with Gasteiger partial charge in [0.15, 0.2) is 5.65 Å². The topological polar surface area (TPSA) is 126 Å². The van der Waals surface area contributed by atoms with Crippen molar-refractivity contribution in [1.29, 1.82) is 5.26 Å². The normalized spacial score (nSPS) is 16.8. The number of carbonyl (C=O) groups is 1. The third-order valence-corrected chi connectivity index (χ3v) is 8.45. The number of hydrogen-bond acceptors (Lipinski definition) is 9. The maximum Gasteiger partial charge on any atom is 0.410 e. The molecule has 0 radical (unpaired) electrons. The van der Waals surface area contributed by atoms with Gasteiger partial charge in [0.1, 0.15) is 23.2 Å². The molecule has 2 atom stereocenters. The maximum absolute atomic E-state index is 14.3. The van der Waals surface area contributed by atoms with E-state index in [1.807, 2.05) is 91.5 Å². The number of para-hydroxylation sites is 1. The van der Waals surface area contributed by atoms with Gasteiger partial charge in [-0.2, -0.15) is 10.2 Å². The van der Waals surface area contributed by atoms with Crippen LogP contribution in [0.5, 0.6) is 5.75 Å². The smallest absolute Gasteiger partial charge is 0.410 e. The molecule has 47 heavy (non-hydrogen) atoms. The van der Waals surface area contributed by atoms with E-state index < -0.39 is 11.3 Å². The number of benzene rings is 1. The number of aromatic nitrogens is 4. The Bertz CT molecular complexity index is 1950. The largest absolute Gasteiger partial charge is 0.496 e. The monoisotopic (exact) mass is 637 g/mol. The highest BCUT2D eigenvalue weighted by atomic mass is 16.6. The molecule has 0 unspecified atom stereocenters. The third kappa shape index (κ3) is 6.24. The summed E-state index contributed by atoms with van der Waals surface area (Å²) in [6, 6.07) is 11.2. The van der Waals surface area contributed by atoms with Crippen molar-refractivity contribution >= 4 is 22.9 Å². The highest BCUT2D eigenvalue weighted by Crippen LogP contribution is 2.38. The van der Waals surface area contributed by atoms with Crippen LogP contribution >= 0.6 is 0 Å². The molecule has 1 fully saturated rings. The number of methoxy groups -OCH3 is 1. The van der Waals surface area contributed by atoms with Gasteiger partial charge in [0.25, 0.3) is 0 Å². The molecule has 1 amide bonds. The molecule has 1 aliphatic heterocycles. The van der Waals surface area contributed by atoms with E-state index in [4.69, 9.17) is 14.5 Å². The Kier molecular flexibility index (Phi) is 9.00. The zero-order valence-electron chi connectivity index (χ0n) is 28.9. The van der Waals surface area contributed by atoms with Gasteiger partial charge in [-0.05, 0) is 83.7 Å². The Hall–Kier alpha value is -4.98. The number of fused-ring (bicyclic) bond motifs is 1. The van der Waals surface area contributed by atoms with Crippen molar-refractivity contribution in [2.45, 2.75) is 85.9 Å². The standard InChI is InChI=1S/C36H43N7O4/c1-20(2)28-30(21(3)14-15-38-28)43-33-27(16-25(17-37)29(39-33)26-13-11-12-22(4)31(26)46-10)32(40-34(43)44)41-18-24(6)42(19-23(41)5)35(45)47-36(7,8)9/h11-16,20,23-24H,18-19H2,1-10H3/t23-,24+/m0/s1. The second kappa shape index (κ2) is 12.7. The maximum atomic E-state index is 14.3. The molecule has 1 saturated heterocycles. The Morgan fingerprint density at radius 3 is 2.43 bits per heavy atom. The molecule has 1 aromatic carbocycles. The molecule has 246 valence electrons. The summed E-state index contributed by atoms with van der Waals surface area (Å²) in [5, 5.41) is 11.0. The van der Waals surface area contributed by atoms with E-state index in [9.17, 15) is 14.9 Å². The summed E-state index contributed by atoms with van der Waals surface area (Å²) in [4.78, 5) is 45.6. The Morgan fingerprint density at radius 2 is 1.79 bits per heavy atom. The fourth-order valence-corrected chi connectivity index (χ4v) is 6.23. The first-order valence-electron chi connectivity index (χ1n) is 15.9. The van der Waals surface area contributed by atoms with Crippen LogP contribution in [0.15, 0.2) is 41.3 Å². The van der Waals surface area contributed by atoms with E-state index >= 15 is 0 Å². The van der Waals surface area contributed by atoms with E-state index in [2.05, 4.69) is 16.0 Å². The number of carbonyl (C=O) groups excluding carboxylic acids is 1. The van der Waals surface area contributed by atoms with E-state index in [1.165, 1.54) is 4.57 Å². The summed E-state index contributed by atoms with van der Waals surface area (Å²) in [5.41, 5.74) is 3.64. The lowest BCUT2D eigenvalue weighted by Crippen LogP contribution is -2.59. The first kappa shape index (κ1) is 33.4. The van der Waals surface area contributed by atoms with Crippen LogP contribution in [-0.4, -0.2) is 68.4 Å². The van der Waals surface area contributed by atoms with Crippen molar-refractivity contribution in [3.05, 3.63) is 69.4 Å². The van der Waals surface area contributed by atoms with Gasteiger partial charge in [-0.15, -0.1) is 0 Å². The van der Waals surface area contributed by atoms with Crippen molar-refractivity contribution in [3.63, 3.8) is 0 Å². The molecule has 5 rings (SSSR count). The van der Waals surface area contributed by atoms with Crippen molar-refractivity contribution in [2.24, 2.45) is 0 Å². The highest BCUT2D eigenvalue weighted by molar-refractivity contribution is 5.93.